The minimum Gasteiger partial charge on any atom is -0.394 e. The van der Waals surface area contributed by atoms with Crippen LogP contribution in [0, 0.1) is 0 Å². The van der Waals surface area contributed by atoms with Gasteiger partial charge in [-0.3, -0.25) is 0 Å². The SMILES string of the molecule is CC(C)NC(=O)N1[C@H](CO)CC[C@@H]1c1nnnn1C1CCCCC1. The zero-order valence-corrected chi connectivity index (χ0v) is 14.6. The number of tetrazole rings is 1. The van der Waals surface area contributed by atoms with Crippen molar-refractivity contribution in [3.63, 3.8) is 0 Å². The predicted molar refractivity (Wildman–Crippen MR) is 88.3 cm³/mol. The van der Waals surface area contributed by atoms with E-state index in [1.54, 1.807) is 4.90 Å². The number of carbonyl (C=O) groups excluding carboxylic acids is 1. The summed E-state index contributed by atoms with van der Waals surface area (Å²) in [5.74, 6) is 0.761. The molecule has 2 heterocycles. The van der Waals surface area contributed by atoms with Gasteiger partial charge in [-0.1, -0.05) is 19.3 Å². The molecule has 134 valence electrons. The molecule has 1 saturated heterocycles. The molecule has 0 radical (unpaired) electrons. The molecule has 0 bridgehead atoms. The molecule has 0 aromatic carbocycles. The molecule has 2 amide bonds. The fourth-order valence-electron chi connectivity index (χ4n) is 3.95. The number of aliphatic hydroxyl groups excluding tert-OH is 1. The summed E-state index contributed by atoms with van der Waals surface area (Å²) in [5, 5.41) is 25.0. The van der Waals surface area contributed by atoms with Gasteiger partial charge in [-0.2, -0.15) is 0 Å². The molecule has 2 aliphatic rings. The van der Waals surface area contributed by atoms with Crippen LogP contribution in [0.3, 0.4) is 0 Å². The first kappa shape index (κ1) is 17.1. The van der Waals surface area contributed by atoms with Crippen molar-refractivity contribution in [1.82, 2.24) is 30.4 Å². The third kappa shape index (κ3) is 3.38. The molecule has 2 fully saturated rings. The third-order valence-corrected chi connectivity index (χ3v) is 5.10. The Morgan fingerprint density at radius 3 is 2.67 bits per heavy atom. The van der Waals surface area contributed by atoms with Gasteiger partial charge in [-0.05, 0) is 50.0 Å². The molecule has 8 nitrogen and oxygen atoms in total. The maximum Gasteiger partial charge on any atom is 0.318 e. The van der Waals surface area contributed by atoms with E-state index in [9.17, 15) is 9.90 Å². The molecular weight excluding hydrogens is 308 g/mol. The number of likely N-dealkylation sites (tertiary alicyclic amines) is 1. The lowest BCUT2D eigenvalue weighted by atomic mass is 9.95. The zero-order valence-electron chi connectivity index (χ0n) is 14.6. The number of amides is 2. The van der Waals surface area contributed by atoms with E-state index >= 15 is 0 Å². The van der Waals surface area contributed by atoms with E-state index in [0.717, 1.165) is 31.5 Å². The van der Waals surface area contributed by atoms with Crippen LogP contribution in [0.2, 0.25) is 0 Å². The van der Waals surface area contributed by atoms with Crippen LogP contribution < -0.4 is 5.32 Å². The highest BCUT2D eigenvalue weighted by Gasteiger charge is 2.41. The topological polar surface area (TPSA) is 96.2 Å². The highest BCUT2D eigenvalue weighted by atomic mass is 16.3. The Kier molecular flexibility index (Phi) is 5.33. The van der Waals surface area contributed by atoms with E-state index in [1.807, 2.05) is 18.5 Å². The Morgan fingerprint density at radius 1 is 1.25 bits per heavy atom. The third-order valence-electron chi connectivity index (χ3n) is 5.10. The summed E-state index contributed by atoms with van der Waals surface area (Å²) in [6.45, 7) is 3.83. The van der Waals surface area contributed by atoms with Crippen molar-refractivity contribution >= 4 is 6.03 Å². The maximum absolute atomic E-state index is 12.6. The molecule has 1 aliphatic carbocycles. The molecule has 8 heteroatoms. The van der Waals surface area contributed by atoms with Gasteiger partial charge in [-0.25, -0.2) is 9.48 Å². The van der Waals surface area contributed by atoms with Gasteiger partial charge in [0.15, 0.2) is 5.82 Å². The van der Waals surface area contributed by atoms with E-state index in [2.05, 4.69) is 20.8 Å². The van der Waals surface area contributed by atoms with Gasteiger partial charge in [0.25, 0.3) is 0 Å². The Labute approximate surface area is 142 Å². The first-order chi connectivity index (χ1) is 11.6. The lowest BCUT2D eigenvalue weighted by Crippen LogP contribution is -2.48. The van der Waals surface area contributed by atoms with Gasteiger partial charge in [-0.15, -0.1) is 5.10 Å². The van der Waals surface area contributed by atoms with Crippen LogP contribution in [0.25, 0.3) is 0 Å². The van der Waals surface area contributed by atoms with E-state index in [-0.39, 0.29) is 30.8 Å². The predicted octanol–water partition coefficient (Wildman–Crippen LogP) is 1.79. The van der Waals surface area contributed by atoms with E-state index in [1.165, 1.54) is 19.3 Å². The number of nitrogens with zero attached hydrogens (tertiary/aromatic N) is 5. The monoisotopic (exact) mass is 336 g/mol. The van der Waals surface area contributed by atoms with Crippen LogP contribution in [0.1, 0.15) is 76.7 Å². The van der Waals surface area contributed by atoms with Crippen molar-refractivity contribution in [2.45, 2.75) is 83.0 Å². The van der Waals surface area contributed by atoms with E-state index in [4.69, 9.17) is 0 Å². The summed E-state index contributed by atoms with van der Waals surface area (Å²) >= 11 is 0. The molecule has 0 spiro atoms. The number of aliphatic hydroxyl groups is 1. The van der Waals surface area contributed by atoms with Crippen LogP contribution >= 0.6 is 0 Å². The molecular formula is C16H28N6O2. The molecule has 2 atom stereocenters. The lowest BCUT2D eigenvalue weighted by molar-refractivity contribution is 0.131. The van der Waals surface area contributed by atoms with Gasteiger partial charge in [0.2, 0.25) is 0 Å². The van der Waals surface area contributed by atoms with Crippen molar-refractivity contribution in [3.8, 4) is 0 Å². The minimum atomic E-state index is -0.176. The van der Waals surface area contributed by atoms with Gasteiger partial charge < -0.3 is 15.3 Å². The summed E-state index contributed by atoms with van der Waals surface area (Å²) in [4.78, 5) is 14.4. The first-order valence-corrected chi connectivity index (χ1v) is 9.09. The minimum absolute atomic E-state index is 0.0347. The fraction of sp³-hybridized carbons (Fsp3) is 0.875. The quantitative estimate of drug-likeness (QED) is 0.874. The van der Waals surface area contributed by atoms with Gasteiger partial charge in [0.05, 0.1) is 24.7 Å². The second-order valence-electron chi connectivity index (χ2n) is 7.21. The summed E-state index contributed by atoms with van der Waals surface area (Å²) < 4.78 is 1.93. The molecule has 3 rings (SSSR count). The van der Waals surface area contributed by atoms with Crippen LogP contribution in [0.4, 0.5) is 4.79 Å². The second kappa shape index (κ2) is 7.46. The summed E-state index contributed by atoms with van der Waals surface area (Å²) in [5.41, 5.74) is 0. The van der Waals surface area contributed by atoms with Crippen molar-refractivity contribution in [1.29, 1.82) is 0 Å². The van der Waals surface area contributed by atoms with Crippen molar-refractivity contribution in [3.05, 3.63) is 5.82 Å². The summed E-state index contributed by atoms with van der Waals surface area (Å²) in [7, 11) is 0. The van der Waals surface area contributed by atoms with Gasteiger partial charge in [0.1, 0.15) is 0 Å². The van der Waals surface area contributed by atoms with Crippen LogP contribution in [-0.4, -0.2) is 54.9 Å². The van der Waals surface area contributed by atoms with Crippen molar-refractivity contribution in [2.24, 2.45) is 0 Å². The van der Waals surface area contributed by atoms with Gasteiger partial charge in [0, 0.05) is 6.04 Å². The average molecular weight is 336 g/mol. The fourth-order valence-corrected chi connectivity index (χ4v) is 3.95. The first-order valence-electron chi connectivity index (χ1n) is 9.09. The lowest BCUT2D eigenvalue weighted by Gasteiger charge is -2.31. The van der Waals surface area contributed by atoms with Crippen LogP contribution in [-0.2, 0) is 0 Å². The second-order valence-corrected chi connectivity index (χ2v) is 7.21. The summed E-state index contributed by atoms with van der Waals surface area (Å²) in [6.07, 6.45) is 7.40. The van der Waals surface area contributed by atoms with Crippen LogP contribution in [0.15, 0.2) is 0 Å². The van der Waals surface area contributed by atoms with E-state index < -0.39 is 0 Å². The molecule has 2 N–H and O–H groups in total. The summed E-state index contributed by atoms with van der Waals surface area (Å²) in [6, 6.07) is -0.118. The molecule has 1 aromatic heterocycles. The molecule has 1 aromatic rings. The Morgan fingerprint density at radius 2 is 2.00 bits per heavy atom. The molecule has 1 saturated carbocycles. The Bertz CT molecular complexity index is 555. The van der Waals surface area contributed by atoms with Crippen molar-refractivity contribution in [2.75, 3.05) is 6.61 Å². The zero-order chi connectivity index (χ0) is 17.1. The number of aromatic nitrogens is 4. The van der Waals surface area contributed by atoms with Crippen molar-refractivity contribution < 1.29 is 9.90 Å². The Balaban J connectivity index is 1.84. The number of rotatable bonds is 4. The van der Waals surface area contributed by atoms with Crippen LogP contribution in [0.5, 0.6) is 0 Å². The number of hydrogen-bond acceptors (Lipinski definition) is 5. The smallest absolute Gasteiger partial charge is 0.318 e. The van der Waals surface area contributed by atoms with Gasteiger partial charge >= 0.3 is 6.03 Å². The largest absolute Gasteiger partial charge is 0.394 e. The standard InChI is InChI=1S/C16H28N6O2/c1-11(2)17-16(24)21-13(10-23)8-9-14(21)15-18-19-20-22(15)12-6-4-3-5-7-12/h11-14,23H,3-10H2,1-2H3,(H,17,24)/t13-,14+/m0/s1. The molecule has 0 unspecified atom stereocenters. The average Bonchev–Trinajstić information content (AvgIpc) is 3.21. The number of urea groups is 1. The normalized spacial score (nSPS) is 25.4. The number of carbonyl (C=O) groups is 1. The number of nitrogens with one attached hydrogen (secondary N) is 1. The maximum atomic E-state index is 12.6. The molecule has 1 aliphatic heterocycles. The van der Waals surface area contributed by atoms with E-state index in [0.29, 0.717) is 6.04 Å². The molecule has 24 heavy (non-hydrogen) atoms. The number of hydrogen-bond donors (Lipinski definition) is 2. The highest BCUT2D eigenvalue weighted by molar-refractivity contribution is 5.75. The Hall–Kier alpha value is -1.70. The highest BCUT2D eigenvalue weighted by Crippen LogP contribution is 2.37.